The zero-order valence-corrected chi connectivity index (χ0v) is 22.4. The molecule has 0 radical (unpaired) electrons. The molecule has 0 aromatic carbocycles. The lowest BCUT2D eigenvalue weighted by molar-refractivity contribution is -0.129. The summed E-state index contributed by atoms with van der Waals surface area (Å²) in [5.41, 5.74) is 0.949. The van der Waals surface area contributed by atoms with Crippen LogP contribution in [0.15, 0.2) is 0 Å². The van der Waals surface area contributed by atoms with E-state index in [9.17, 15) is 9.90 Å². The molecule has 5 fully saturated rings. The average Bonchev–Trinajstić information content (AvgIpc) is 3.45. The summed E-state index contributed by atoms with van der Waals surface area (Å²) >= 11 is 0. The topological polar surface area (TPSA) is 52.6 Å². The minimum atomic E-state index is -0.0439. The summed E-state index contributed by atoms with van der Waals surface area (Å²) in [6.07, 6.45) is 16.0. The molecule has 9 atom stereocenters. The molecular weight excluding hydrogens is 420 g/mol. The van der Waals surface area contributed by atoms with E-state index in [0.717, 1.165) is 61.9 Å². The maximum atomic E-state index is 12.5. The van der Waals surface area contributed by atoms with Crippen LogP contribution in [0.4, 0.5) is 0 Å². The Kier molecular flexibility index (Phi) is 7.40. The lowest BCUT2D eigenvalue weighted by Crippen LogP contribution is -2.54. The molecule has 4 nitrogen and oxygen atoms in total. The smallest absolute Gasteiger partial charge is 0.220 e. The first-order valence-corrected chi connectivity index (χ1v) is 15.0. The van der Waals surface area contributed by atoms with Gasteiger partial charge in [-0.25, -0.2) is 0 Å². The van der Waals surface area contributed by atoms with E-state index in [0.29, 0.717) is 23.2 Å². The van der Waals surface area contributed by atoms with E-state index in [1.165, 1.54) is 70.9 Å². The first-order chi connectivity index (χ1) is 16.3. The first-order valence-electron chi connectivity index (χ1n) is 15.0. The number of rotatable bonds is 7. The fraction of sp³-hybridized carbons (Fsp3) is 0.967. The first kappa shape index (κ1) is 25.1. The van der Waals surface area contributed by atoms with Crippen LogP contribution in [-0.4, -0.2) is 48.2 Å². The molecular formula is C30H52N2O2. The van der Waals surface area contributed by atoms with Crippen molar-refractivity contribution < 1.29 is 9.90 Å². The van der Waals surface area contributed by atoms with E-state index in [2.05, 4.69) is 31.0 Å². The molecule has 6 unspecified atom stereocenters. The molecule has 0 spiro atoms. The minimum Gasteiger partial charge on any atom is -0.393 e. The highest BCUT2D eigenvalue weighted by atomic mass is 16.3. The van der Waals surface area contributed by atoms with Crippen molar-refractivity contribution in [2.45, 2.75) is 110 Å². The normalized spacial score (nSPS) is 45.3. The van der Waals surface area contributed by atoms with Gasteiger partial charge in [0.1, 0.15) is 0 Å². The maximum Gasteiger partial charge on any atom is 0.220 e. The molecule has 4 saturated carbocycles. The number of aliphatic hydroxyl groups is 1. The third-order valence-electron chi connectivity index (χ3n) is 12.2. The Morgan fingerprint density at radius 3 is 2.53 bits per heavy atom. The molecule has 1 amide bonds. The van der Waals surface area contributed by atoms with E-state index in [1.807, 2.05) is 0 Å². The third-order valence-corrected chi connectivity index (χ3v) is 12.2. The SMILES string of the molecule is CC(CCC(=O)NCCN1CCCC1)C1CCC2C3CCC4C[C@H](O)CC[C@]4(C)C3CC[C@]12C. The summed E-state index contributed by atoms with van der Waals surface area (Å²) in [5.74, 6) is 5.12. The lowest BCUT2D eigenvalue weighted by atomic mass is 9.44. The highest BCUT2D eigenvalue weighted by molar-refractivity contribution is 5.75. The number of likely N-dealkylation sites (tertiary alicyclic amines) is 1. The number of fused-ring (bicyclic) bond motifs is 5. The Balaban J connectivity index is 1.14. The van der Waals surface area contributed by atoms with E-state index in [4.69, 9.17) is 0 Å². The molecule has 0 bridgehead atoms. The van der Waals surface area contributed by atoms with Gasteiger partial charge in [0, 0.05) is 19.5 Å². The quantitative estimate of drug-likeness (QED) is 0.504. The van der Waals surface area contributed by atoms with Crippen molar-refractivity contribution in [2.24, 2.45) is 46.3 Å². The molecule has 4 aliphatic carbocycles. The molecule has 34 heavy (non-hydrogen) atoms. The van der Waals surface area contributed by atoms with Crippen LogP contribution in [0.2, 0.25) is 0 Å². The predicted molar refractivity (Wildman–Crippen MR) is 138 cm³/mol. The van der Waals surface area contributed by atoms with Crippen molar-refractivity contribution in [1.82, 2.24) is 10.2 Å². The van der Waals surface area contributed by atoms with Gasteiger partial charge < -0.3 is 15.3 Å². The van der Waals surface area contributed by atoms with Crippen LogP contribution < -0.4 is 5.32 Å². The van der Waals surface area contributed by atoms with E-state index in [1.54, 1.807) is 0 Å². The van der Waals surface area contributed by atoms with Crippen molar-refractivity contribution in [1.29, 1.82) is 0 Å². The van der Waals surface area contributed by atoms with Crippen molar-refractivity contribution in [3.05, 3.63) is 0 Å². The van der Waals surface area contributed by atoms with Crippen LogP contribution in [0.3, 0.4) is 0 Å². The number of carbonyl (C=O) groups is 1. The monoisotopic (exact) mass is 472 g/mol. The van der Waals surface area contributed by atoms with Gasteiger partial charge in [-0.1, -0.05) is 20.8 Å². The van der Waals surface area contributed by atoms with Gasteiger partial charge in [-0.15, -0.1) is 0 Å². The van der Waals surface area contributed by atoms with Crippen molar-refractivity contribution in [3.8, 4) is 0 Å². The average molecular weight is 473 g/mol. The molecule has 194 valence electrons. The Hall–Kier alpha value is -0.610. The zero-order valence-electron chi connectivity index (χ0n) is 22.4. The van der Waals surface area contributed by atoms with Crippen LogP contribution in [0, 0.1) is 46.3 Å². The number of aliphatic hydroxyl groups excluding tert-OH is 1. The van der Waals surface area contributed by atoms with Crippen molar-refractivity contribution in [3.63, 3.8) is 0 Å². The van der Waals surface area contributed by atoms with Gasteiger partial charge >= 0.3 is 0 Å². The molecule has 0 aromatic rings. The summed E-state index contributed by atoms with van der Waals surface area (Å²) in [6.45, 7) is 11.9. The summed E-state index contributed by atoms with van der Waals surface area (Å²) in [7, 11) is 0. The van der Waals surface area contributed by atoms with E-state index < -0.39 is 0 Å². The van der Waals surface area contributed by atoms with Crippen molar-refractivity contribution >= 4 is 5.91 Å². The van der Waals surface area contributed by atoms with Crippen molar-refractivity contribution in [2.75, 3.05) is 26.2 Å². The summed E-state index contributed by atoms with van der Waals surface area (Å²) in [6, 6.07) is 0. The van der Waals surface area contributed by atoms with Crippen LogP contribution in [0.25, 0.3) is 0 Å². The van der Waals surface area contributed by atoms with Gasteiger partial charge in [-0.05, 0) is 136 Å². The Labute approximate surface area is 209 Å². The summed E-state index contributed by atoms with van der Waals surface area (Å²) in [4.78, 5) is 15.0. The van der Waals surface area contributed by atoms with E-state index >= 15 is 0 Å². The maximum absolute atomic E-state index is 12.5. The Morgan fingerprint density at radius 2 is 1.74 bits per heavy atom. The number of amides is 1. The van der Waals surface area contributed by atoms with Crippen LogP contribution in [0.1, 0.15) is 104 Å². The van der Waals surface area contributed by atoms with Crippen LogP contribution >= 0.6 is 0 Å². The van der Waals surface area contributed by atoms with Crippen LogP contribution in [-0.2, 0) is 4.79 Å². The Morgan fingerprint density at radius 1 is 1.00 bits per heavy atom. The highest BCUT2D eigenvalue weighted by Gasteiger charge is 2.60. The molecule has 1 heterocycles. The molecule has 5 aliphatic rings. The van der Waals surface area contributed by atoms with Gasteiger partial charge in [-0.2, -0.15) is 0 Å². The number of hydrogen-bond donors (Lipinski definition) is 2. The lowest BCUT2D eigenvalue weighted by Gasteiger charge is -2.61. The van der Waals surface area contributed by atoms with Gasteiger partial charge in [0.25, 0.3) is 0 Å². The van der Waals surface area contributed by atoms with Gasteiger partial charge in [0.15, 0.2) is 0 Å². The number of hydrogen-bond acceptors (Lipinski definition) is 3. The van der Waals surface area contributed by atoms with Gasteiger partial charge in [0.05, 0.1) is 6.10 Å². The molecule has 5 rings (SSSR count). The van der Waals surface area contributed by atoms with Gasteiger partial charge in [-0.3, -0.25) is 4.79 Å². The fourth-order valence-corrected chi connectivity index (χ4v) is 10.2. The standard InChI is InChI=1S/C30H52N2O2/c1-21(6-11-28(34)31-16-19-32-17-4-5-18-32)25-9-10-26-24-8-7-22-20-23(33)12-14-29(22,2)27(24)13-15-30(25,26)3/h21-27,33H,4-20H2,1-3H3,(H,31,34)/t21?,22?,23-,24?,25?,26?,27?,29+,30-/m1/s1. The number of nitrogens with one attached hydrogen (secondary N) is 1. The minimum absolute atomic E-state index is 0.0439. The second-order valence-corrected chi connectivity index (χ2v) is 13.7. The number of nitrogens with zero attached hydrogens (tertiary/aromatic N) is 1. The van der Waals surface area contributed by atoms with Crippen LogP contribution in [0.5, 0.6) is 0 Å². The molecule has 1 aliphatic heterocycles. The molecule has 2 N–H and O–H groups in total. The molecule has 0 aromatic heterocycles. The third kappa shape index (κ3) is 4.60. The largest absolute Gasteiger partial charge is 0.393 e. The van der Waals surface area contributed by atoms with Gasteiger partial charge in [0.2, 0.25) is 5.91 Å². The number of carbonyl (C=O) groups excluding carboxylic acids is 1. The van der Waals surface area contributed by atoms with E-state index in [-0.39, 0.29) is 12.0 Å². The fourth-order valence-electron chi connectivity index (χ4n) is 10.2. The Bertz CT molecular complexity index is 721. The molecule has 1 saturated heterocycles. The second-order valence-electron chi connectivity index (χ2n) is 13.7. The molecule has 4 heteroatoms. The zero-order chi connectivity index (χ0) is 23.9. The predicted octanol–water partition coefficient (Wildman–Crippen LogP) is 5.63. The highest BCUT2D eigenvalue weighted by Crippen LogP contribution is 2.68. The summed E-state index contributed by atoms with van der Waals surface area (Å²) in [5, 5.41) is 13.5. The second kappa shape index (κ2) is 10.0. The summed E-state index contributed by atoms with van der Waals surface area (Å²) < 4.78 is 0.